The maximum absolute atomic E-state index is 10.6. The van der Waals surface area contributed by atoms with E-state index in [1.807, 2.05) is 66.4 Å². The Hall–Kier alpha value is -2.66. The number of hydrogen-bond donors (Lipinski definition) is 2. The molecule has 0 fully saturated rings. The minimum Gasteiger partial charge on any atom is -0.480 e. The molecule has 0 radical (unpaired) electrons. The standard InChI is InChI=1S/C17H19N3O2/c1-19-12-4-3-5-16(19)11-8-14-6-9-15(10-7-14)18-20(2)13-17(21)22/h3-12H,13H2,1-2H3,(H,21,22)/p+1. The molecule has 1 heterocycles. The van der Waals surface area contributed by atoms with Crippen LogP contribution in [0.3, 0.4) is 0 Å². The predicted molar refractivity (Wildman–Crippen MR) is 86.9 cm³/mol. The zero-order chi connectivity index (χ0) is 15.9. The van der Waals surface area contributed by atoms with Gasteiger partial charge < -0.3 is 10.5 Å². The number of anilines is 1. The molecule has 0 aliphatic heterocycles. The van der Waals surface area contributed by atoms with Gasteiger partial charge in [-0.25, -0.2) is 9.58 Å². The van der Waals surface area contributed by atoms with E-state index in [1.165, 1.54) is 5.01 Å². The smallest absolute Gasteiger partial charge is 0.319 e. The number of carboxylic acids is 1. The highest BCUT2D eigenvalue weighted by Gasteiger charge is 2.03. The molecule has 2 rings (SSSR count). The van der Waals surface area contributed by atoms with Gasteiger partial charge in [0.15, 0.2) is 6.20 Å². The molecule has 0 saturated carbocycles. The van der Waals surface area contributed by atoms with Gasteiger partial charge in [0.25, 0.3) is 0 Å². The Morgan fingerprint density at radius 1 is 1.23 bits per heavy atom. The van der Waals surface area contributed by atoms with Crippen LogP contribution in [0.15, 0.2) is 48.7 Å². The quantitative estimate of drug-likeness (QED) is 0.633. The van der Waals surface area contributed by atoms with Crippen molar-refractivity contribution >= 4 is 23.8 Å². The van der Waals surface area contributed by atoms with Crippen molar-refractivity contribution in [3.63, 3.8) is 0 Å². The molecule has 1 aromatic heterocycles. The van der Waals surface area contributed by atoms with Gasteiger partial charge in [-0.1, -0.05) is 12.1 Å². The van der Waals surface area contributed by atoms with E-state index in [1.54, 1.807) is 7.05 Å². The van der Waals surface area contributed by atoms with Gasteiger partial charge in [-0.2, -0.15) is 0 Å². The summed E-state index contributed by atoms with van der Waals surface area (Å²) in [6.45, 7) is -0.0633. The first-order chi connectivity index (χ1) is 10.5. The van der Waals surface area contributed by atoms with Crippen LogP contribution >= 0.6 is 0 Å². The number of nitrogens with one attached hydrogen (secondary N) is 1. The molecule has 0 aliphatic rings. The summed E-state index contributed by atoms with van der Waals surface area (Å²) in [6, 6.07) is 13.8. The van der Waals surface area contributed by atoms with Crippen LogP contribution in [0.2, 0.25) is 0 Å². The van der Waals surface area contributed by atoms with Gasteiger partial charge in [0.05, 0.1) is 0 Å². The minimum absolute atomic E-state index is 0.0633. The van der Waals surface area contributed by atoms with Crippen molar-refractivity contribution in [2.45, 2.75) is 0 Å². The summed E-state index contributed by atoms with van der Waals surface area (Å²) in [5.41, 5.74) is 6.06. The molecular formula is C17H20N3O2+. The highest BCUT2D eigenvalue weighted by molar-refractivity contribution is 5.70. The van der Waals surface area contributed by atoms with E-state index in [9.17, 15) is 4.79 Å². The lowest BCUT2D eigenvalue weighted by Crippen LogP contribution is -2.30. The number of hydrogen-bond acceptors (Lipinski definition) is 3. The summed E-state index contributed by atoms with van der Waals surface area (Å²) >= 11 is 0. The number of carboxylic acid groups (broad SMARTS) is 1. The molecule has 2 N–H and O–H groups in total. The first-order valence-corrected chi connectivity index (χ1v) is 6.97. The lowest BCUT2D eigenvalue weighted by atomic mass is 10.2. The Bertz CT molecular complexity index is 666. The van der Waals surface area contributed by atoms with Crippen LogP contribution in [0, 0.1) is 0 Å². The molecular weight excluding hydrogens is 278 g/mol. The number of aromatic nitrogens is 1. The summed E-state index contributed by atoms with van der Waals surface area (Å²) in [5.74, 6) is -0.870. The van der Waals surface area contributed by atoms with Crippen molar-refractivity contribution in [1.82, 2.24) is 5.01 Å². The molecule has 0 amide bonds. The topological polar surface area (TPSA) is 56.5 Å². The Kier molecular flexibility index (Phi) is 5.27. The molecule has 2 aromatic rings. The summed E-state index contributed by atoms with van der Waals surface area (Å²) in [5, 5.41) is 10.2. The highest BCUT2D eigenvalue weighted by Crippen LogP contribution is 2.12. The van der Waals surface area contributed by atoms with E-state index in [-0.39, 0.29) is 6.54 Å². The number of hydrazine groups is 1. The zero-order valence-corrected chi connectivity index (χ0v) is 12.7. The van der Waals surface area contributed by atoms with Crippen molar-refractivity contribution in [1.29, 1.82) is 0 Å². The van der Waals surface area contributed by atoms with E-state index in [0.717, 1.165) is 16.9 Å². The number of carbonyl (C=O) groups is 1. The maximum atomic E-state index is 10.6. The van der Waals surface area contributed by atoms with E-state index in [4.69, 9.17) is 5.11 Å². The number of likely N-dealkylation sites (N-methyl/N-ethyl adjacent to an activating group) is 1. The predicted octanol–water partition coefficient (Wildman–Crippen LogP) is 2.02. The fourth-order valence-electron chi connectivity index (χ4n) is 2.02. The molecule has 0 unspecified atom stereocenters. The van der Waals surface area contributed by atoms with Crippen LogP contribution in [-0.2, 0) is 11.8 Å². The van der Waals surface area contributed by atoms with Gasteiger partial charge >= 0.3 is 5.97 Å². The molecule has 0 bridgehead atoms. The van der Waals surface area contributed by atoms with Crippen LogP contribution in [0.25, 0.3) is 12.2 Å². The van der Waals surface area contributed by atoms with Crippen LogP contribution in [0.4, 0.5) is 5.69 Å². The van der Waals surface area contributed by atoms with Gasteiger partial charge in [0.2, 0.25) is 5.69 Å². The third-order valence-electron chi connectivity index (χ3n) is 3.14. The summed E-state index contributed by atoms with van der Waals surface area (Å²) < 4.78 is 2.05. The van der Waals surface area contributed by atoms with Gasteiger partial charge in [0.1, 0.15) is 13.6 Å². The molecule has 0 atom stereocenters. The maximum Gasteiger partial charge on any atom is 0.319 e. The minimum atomic E-state index is -0.870. The second-order valence-corrected chi connectivity index (χ2v) is 5.05. The molecule has 22 heavy (non-hydrogen) atoms. The monoisotopic (exact) mass is 298 g/mol. The van der Waals surface area contributed by atoms with E-state index in [0.29, 0.717) is 0 Å². The molecule has 0 saturated heterocycles. The first-order valence-electron chi connectivity index (χ1n) is 6.97. The molecule has 5 nitrogen and oxygen atoms in total. The first kappa shape index (κ1) is 15.7. The molecule has 1 aromatic carbocycles. The van der Waals surface area contributed by atoms with Gasteiger partial charge in [-0.15, -0.1) is 0 Å². The second-order valence-electron chi connectivity index (χ2n) is 5.05. The van der Waals surface area contributed by atoms with Gasteiger partial charge in [0, 0.05) is 30.9 Å². The van der Waals surface area contributed by atoms with Crippen molar-refractivity contribution in [3.05, 3.63) is 59.9 Å². The molecule has 5 heteroatoms. The van der Waals surface area contributed by atoms with E-state index in [2.05, 4.69) is 11.5 Å². The average molecular weight is 298 g/mol. The second kappa shape index (κ2) is 7.38. The van der Waals surface area contributed by atoms with Crippen LogP contribution in [-0.4, -0.2) is 29.7 Å². The summed E-state index contributed by atoms with van der Waals surface area (Å²) in [4.78, 5) is 10.6. The number of aliphatic carboxylic acids is 1. The molecule has 0 spiro atoms. The number of aryl methyl sites for hydroxylation is 1. The third-order valence-corrected chi connectivity index (χ3v) is 3.14. The average Bonchev–Trinajstić information content (AvgIpc) is 2.47. The Balaban J connectivity index is 2.00. The summed E-state index contributed by atoms with van der Waals surface area (Å²) in [6.07, 6.45) is 6.10. The SMILES string of the molecule is CN(CC(=O)O)Nc1ccc(/C=C/c2cccc[n+]2C)cc1. The van der Waals surface area contributed by atoms with Crippen molar-refractivity contribution in [3.8, 4) is 0 Å². The molecule has 114 valence electrons. The number of rotatable bonds is 6. The van der Waals surface area contributed by atoms with E-state index >= 15 is 0 Å². The van der Waals surface area contributed by atoms with E-state index < -0.39 is 5.97 Å². The Morgan fingerprint density at radius 2 is 1.95 bits per heavy atom. The largest absolute Gasteiger partial charge is 0.480 e. The van der Waals surface area contributed by atoms with Crippen LogP contribution < -0.4 is 9.99 Å². The zero-order valence-electron chi connectivity index (χ0n) is 12.7. The molecule has 0 aliphatic carbocycles. The number of benzene rings is 1. The van der Waals surface area contributed by atoms with Crippen LogP contribution in [0.5, 0.6) is 0 Å². The summed E-state index contributed by atoms with van der Waals surface area (Å²) in [7, 11) is 3.70. The van der Waals surface area contributed by atoms with Crippen molar-refractivity contribution in [2.24, 2.45) is 7.05 Å². The van der Waals surface area contributed by atoms with Crippen LogP contribution in [0.1, 0.15) is 11.3 Å². The fraction of sp³-hybridized carbons (Fsp3) is 0.176. The van der Waals surface area contributed by atoms with Crippen molar-refractivity contribution < 1.29 is 14.5 Å². The van der Waals surface area contributed by atoms with Gasteiger partial charge in [-0.3, -0.25) is 4.79 Å². The lowest BCUT2D eigenvalue weighted by molar-refractivity contribution is -0.673. The van der Waals surface area contributed by atoms with Gasteiger partial charge in [-0.05, 0) is 29.8 Å². The Morgan fingerprint density at radius 3 is 2.59 bits per heavy atom. The van der Waals surface area contributed by atoms with Crippen molar-refractivity contribution in [2.75, 3.05) is 19.0 Å². The highest BCUT2D eigenvalue weighted by atomic mass is 16.4. The lowest BCUT2D eigenvalue weighted by Gasteiger charge is -2.16. The fourth-order valence-corrected chi connectivity index (χ4v) is 2.02. The normalized spacial score (nSPS) is 11.0. The Labute approximate surface area is 130 Å². The number of nitrogens with zero attached hydrogens (tertiary/aromatic N) is 2. The number of pyridine rings is 1. The third kappa shape index (κ3) is 4.71.